The number of aryl methyl sites for hydroxylation is 1. The number of hydrogen-bond donors (Lipinski definition) is 3. The second-order valence-corrected chi connectivity index (χ2v) is 8.64. The van der Waals surface area contributed by atoms with Gasteiger partial charge in [0.1, 0.15) is 6.54 Å². The molecule has 2 aromatic carbocycles. The van der Waals surface area contributed by atoms with Crippen molar-refractivity contribution >= 4 is 40.9 Å². The summed E-state index contributed by atoms with van der Waals surface area (Å²) in [4.78, 5) is 29.2. The van der Waals surface area contributed by atoms with Crippen LogP contribution in [0.1, 0.15) is 22.4 Å². The van der Waals surface area contributed by atoms with Gasteiger partial charge in [0.2, 0.25) is 11.8 Å². The van der Waals surface area contributed by atoms with Crippen molar-refractivity contribution in [3.8, 4) is 0 Å². The molecule has 1 heterocycles. The minimum Gasteiger partial charge on any atom is -0.390 e. The van der Waals surface area contributed by atoms with E-state index in [1.165, 1.54) is 18.0 Å². The van der Waals surface area contributed by atoms with Gasteiger partial charge in [0, 0.05) is 17.3 Å². The summed E-state index contributed by atoms with van der Waals surface area (Å²) in [7, 11) is 0. The molecule has 0 unspecified atom stereocenters. The molecular weight excluding hydrogens is 448 g/mol. The van der Waals surface area contributed by atoms with Crippen LogP contribution in [0, 0.1) is 13.8 Å². The van der Waals surface area contributed by atoms with Crippen molar-refractivity contribution in [2.75, 3.05) is 11.1 Å². The number of imidazole rings is 1. The fraction of sp³-hybridized carbons (Fsp3) is 0.261. The van der Waals surface area contributed by atoms with Crippen molar-refractivity contribution in [3.05, 3.63) is 76.1 Å². The van der Waals surface area contributed by atoms with Crippen LogP contribution in [0.15, 0.2) is 53.8 Å². The highest BCUT2D eigenvalue weighted by atomic mass is 35.5. The quantitative estimate of drug-likeness (QED) is 0.413. The lowest BCUT2D eigenvalue weighted by Gasteiger charge is -2.12. The predicted octanol–water partition coefficient (Wildman–Crippen LogP) is 3.69. The number of aliphatic hydroxyl groups excluding tert-OH is 1. The maximum atomic E-state index is 12.5. The van der Waals surface area contributed by atoms with Crippen molar-refractivity contribution in [3.63, 3.8) is 0 Å². The highest BCUT2D eigenvalue weighted by Crippen LogP contribution is 2.21. The van der Waals surface area contributed by atoms with E-state index < -0.39 is 0 Å². The smallest absolute Gasteiger partial charge is 0.240 e. The first-order valence-electron chi connectivity index (χ1n) is 10.0. The largest absolute Gasteiger partial charge is 0.390 e. The molecule has 9 heteroatoms. The van der Waals surface area contributed by atoms with Gasteiger partial charge in [-0.05, 0) is 48.7 Å². The van der Waals surface area contributed by atoms with Gasteiger partial charge in [-0.1, -0.05) is 47.6 Å². The van der Waals surface area contributed by atoms with E-state index >= 15 is 0 Å². The normalized spacial score (nSPS) is 10.8. The monoisotopic (exact) mass is 472 g/mol. The molecule has 168 valence electrons. The average Bonchev–Trinajstić information content (AvgIpc) is 3.16. The highest BCUT2D eigenvalue weighted by molar-refractivity contribution is 7.99. The van der Waals surface area contributed by atoms with Crippen LogP contribution in [0.4, 0.5) is 5.69 Å². The number of rotatable bonds is 9. The van der Waals surface area contributed by atoms with Gasteiger partial charge >= 0.3 is 0 Å². The Hall–Kier alpha value is -2.81. The Kier molecular flexibility index (Phi) is 8.33. The SMILES string of the molecule is Cc1cccc(NC(=O)CSc2ncc(CO)n2CC(=O)NCc2ccc(Cl)cc2)c1C. The van der Waals surface area contributed by atoms with Gasteiger partial charge in [-0.25, -0.2) is 4.98 Å². The Bertz CT molecular complexity index is 1100. The van der Waals surface area contributed by atoms with E-state index in [9.17, 15) is 14.7 Å². The number of benzene rings is 2. The molecule has 0 fully saturated rings. The molecule has 0 saturated carbocycles. The van der Waals surface area contributed by atoms with Gasteiger partial charge in [-0.15, -0.1) is 0 Å². The molecule has 0 spiro atoms. The van der Waals surface area contributed by atoms with E-state index in [1.807, 2.05) is 44.2 Å². The fourth-order valence-corrected chi connectivity index (χ4v) is 3.93. The summed E-state index contributed by atoms with van der Waals surface area (Å²) in [6.45, 7) is 4.04. The first kappa shape index (κ1) is 23.8. The third-order valence-corrected chi connectivity index (χ3v) is 6.22. The number of hydrogen-bond acceptors (Lipinski definition) is 5. The third-order valence-electron chi connectivity index (χ3n) is 4.98. The van der Waals surface area contributed by atoms with Crippen LogP contribution in [0.2, 0.25) is 5.02 Å². The Morgan fingerprint density at radius 3 is 2.59 bits per heavy atom. The van der Waals surface area contributed by atoms with Gasteiger partial charge < -0.3 is 20.3 Å². The molecule has 0 bridgehead atoms. The zero-order valence-corrected chi connectivity index (χ0v) is 19.5. The summed E-state index contributed by atoms with van der Waals surface area (Å²) in [5.74, 6) is -0.271. The van der Waals surface area contributed by atoms with Crippen LogP contribution >= 0.6 is 23.4 Å². The maximum absolute atomic E-state index is 12.5. The molecule has 0 atom stereocenters. The lowest BCUT2D eigenvalue weighted by Crippen LogP contribution is -2.28. The molecule has 32 heavy (non-hydrogen) atoms. The standard InChI is InChI=1S/C23H25ClN4O3S/c1-15-4-3-5-20(16(15)2)27-22(31)14-32-23-26-11-19(13-29)28(23)12-21(30)25-10-17-6-8-18(24)9-7-17/h3-9,11,29H,10,12-14H2,1-2H3,(H,25,30)(H,27,31). The minimum absolute atomic E-state index is 0.00950. The number of nitrogens with zero attached hydrogens (tertiary/aromatic N) is 2. The molecule has 0 saturated heterocycles. The second-order valence-electron chi connectivity index (χ2n) is 7.26. The number of amides is 2. The van der Waals surface area contributed by atoms with Crippen molar-refractivity contribution in [1.29, 1.82) is 0 Å². The van der Waals surface area contributed by atoms with Crippen molar-refractivity contribution < 1.29 is 14.7 Å². The van der Waals surface area contributed by atoms with Gasteiger partial charge in [0.25, 0.3) is 0 Å². The Labute approximate surface area is 196 Å². The van der Waals surface area contributed by atoms with Crippen molar-refractivity contribution in [1.82, 2.24) is 14.9 Å². The van der Waals surface area contributed by atoms with Crippen LogP contribution in [0.25, 0.3) is 0 Å². The number of nitrogens with one attached hydrogen (secondary N) is 2. The lowest BCUT2D eigenvalue weighted by molar-refractivity contribution is -0.122. The summed E-state index contributed by atoms with van der Waals surface area (Å²) in [5.41, 5.74) is 4.32. The maximum Gasteiger partial charge on any atom is 0.240 e. The number of carbonyl (C=O) groups excluding carboxylic acids is 2. The van der Waals surface area contributed by atoms with Crippen LogP contribution in [-0.2, 0) is 29.3 Å². The lowest BCUT2D eigenvalue weighted by atomic mass is 10.1. The Morgan fingerprint density at radius 2 is 1.88 bits per heavy atom. The van der Waals surface area contributed by atoms with E-state index in [0.29, 0.717) is 22.4 Å². The molecule has 0 aliphatic heterocycles. The van der Waals surface area contributed by atoms with Crippen LogP contribution < -0.4 is 10.6 Å². The van der Waals surface area contributed by atoms with E-state index in [2.05, 4.69) is 15.6 Å². The molecule has 0 radical (unpaired) electrons. The zero-order valence-electron chi connectivity index (χ0n) is 17.9. The van der Waals surface area contributed by atoms with E-state index in [1.54, 1.807) is 16.7 Å². The molecule has 1 aromatic heterocycles. The first-order valence-corrected chi connectivity index (χ1v) is 11.4. The minimum atomic E-state index is -0.257. The van der Waals surface area contributed by atoms with Gasteiger partial charge in [-0.2, -0.15) is 0 Å². The average molecular weight is 473 g/mol. The summed E-state index contributed by atoms with van der Waals surface area (Å²) < 4.78 is 1.62. The number of anilines is 1. The number of halogens is 1. The van der Waals surface area contributed by atoms with E-state index in [-0.39, 0.29) is 30.7 Å². The van der Waals surface area contributed by atoms with Crippen molar-refractivity contribution in [2.24, 2.45) is 0 Å². The fourth-order valence-electron chi connectivity index (χ4n) is 3.01. The molecule has 0 aliphatic rings. The topological polar surface area (TPSA) is 96.2 Å². The Balaban J connectivity index is 1.58. The molecule has 3 rings (SSSR count). The van der Waals surface area contributed by atoms with Crippen LogP contribution in [0.5, 0.6) is 0 Å². The molecular formula is C23H25ClN4O3S. The summed E-state index contributed by atoms with van der Waals surface area (Å²) >= 11 is 7.09. The Morgan fingerprint density at radius 1 is 1.12 bits per heavy atom. The zero-order chi connectivity index (χ0) is 23.1. The molecule has 3 N–H and O–H groups in total. The van der Waals surface area contributed by atoms with E-state index in [4.69, 9.17) is 11.6 Å². The number of carbonyl (C=O) groups is 2. The number of aromatic nitrogens is 2. The highest BCUT2D eigenvalue weighted by Gasteiger charge is 2.15. The van der Waals surface area contributed by atoms with Crippen LogP contribution in [0.3, 0.4) is 0 Å². The summed E-state index contributed by atoms with van der Waals surface area (Å²) in [6, 6.07) is 13.0. The molecule has 0 aliphatic carbocycles. The van der Waals surface area contributed by atoms with Crippen LogP contribution in [-0.4, -0.2) is 32.2 Å². The first-order chi connectivity index (χ1) is 15.4. The molecule has 2 amide bonds. The van der Waals surface area contributed by atoms with E-state index in [0.717, 1.165) is 22.4 Å². The number of aliphatic hydroxyl groups is 1. The van der Waals surface area contributed by atoms with Gasteiger partial charge in [-0.3, -0.25) is 9.59 Å². The summed E-state index contributed by atoms with van der Waals surface area (Å²) in [5, 5.41) is 16.5. The molecule has 7 nitrogen and oxygen atoms in total. The molecule has 3 aromatic rings. The number of thioether (sulfide) groups is 1. The van der Waals surface area contributed by atoms with Crippen molar-refractivity contribution in [2.45, 2.75) is 38.7 Å². The third kappa shape index (κ3) is 6.35. The predicted molar refractivity (Wildman–Crippen MR) is 127 cm³/mol. The van der Waals surface area contributed by atoms with Gasteiger partial charge in [0.15, 0.2) is 5.16 Å². The van der Waals surface area contributed by atoms with Gasteiger partial charge in [0.05, 0.1) is 24.3 Å². The summed E-state index contributed by atoms with van der Waals surface area (Å²) in [6.07, 6.45) is 1.51. The second kappa shape index (κ2) is 11.2.